The van der Waals surface area contributed by atoms with E-state index in [0.717, 1.165) is 3.57 Å². The number of halogens is 1. The van der Waals surface area contributed by atoms with Crippen molar-refractivity contribution in [2.45, 2.75) is 13.8 Å². The number of hydrogen-bond donors (Lipinski definition) is 0. The molecule has 0 atom stereocenters. The van der Waals surface area contributed by atoms with Crippen molar-refractivity contribution in [3.8, 4) is 0 Å². The van der Waals surface area contributed by atoms with Gasteiger partial charge in [-0.25, -0.2) is 9.56 Å². The van der Waals surface area contributed by atoms with Crippen LogP contribution in [0.25, 0.3) is 0 Å². The first kappa shape index (κ1) is 18.4. The second-order valence-corrected chi connectivity index (χ2v) is 7.54. The lowest BCUT2D eigenvalue weighted by Crippen LogP contribution is -2.31. The maximum atomic E-state index is 12.5. The molecule has 0 N–H and O–H groups in total. The van der Waals surface area contributed by atoms with Gasteiger partial charge in [-0.05, 0) is 54.6 Å². The van der Waals surface area contributed by atoms with Gasteiger partial charge in [0.1, 0.15) is 0 Å². The Bertz CT molecular complexity index is 669. The molecule has 1 amide bonds. The predicted octanol–water partition coefficient (Wildman–Crippen LogP) is 3.60. The number of phosphoric ester groups is 1. The van der Waals surface area contributed by atoms with E-state index in [1.165, 1.54) is 4.90 Å². The molecule has 1 aliphatic rings. The molecule has 0 unspecified atom stereocenters. The summed E-state index contributed by atoms with van der Waals surface area (Å²) in [5.74, 6) is -0.0606. The molecule has 1 aromatic carbocycles. The average molecular weight is 452 g/mol. The highest BCUT2D eigenvalue weighted by atomic mass is 127. The molecule has 0 aromatic heterocycles. The van der Waals surface area contributed by atoms with Crippen molar-refractivity contribution in [3.63, 3.8) is 0 Å². The molecule has 1 aliphatic heterocycles. The molecule has 7 nitrogen and oxygen atoms in total. The molecule has 9 heteroatoms. The maximum Gasteiger partial charge on any atom is 0.531 e. The number of hydrogen-bond acceptors (Lipinski definition) is 6. The zero-order valence-electron chi connectivity index (χ0n) is 13.1. The molecule has 0 bridgehead atoms. The Hall–Kier alpha value is -0.960. The highest BCUT2D eigenvalue weighted by Crippen LogP contribution is 2.50. The highest BCUT2D eigenvalue weighted by Gasteiger charge is 2.32. The average Bonchev–Trinajstić information content (AvgIpc) is 2.58. The molecule has 1 aromatic rings. The fourth-order valence-electron chi connectivity index (χ4n) is 2.01. The van der Waals surface area contributed by atoms with Crippen LogP contribution in [0.3, 0.4) is 0 Å². The maximum absolute atomic E-state index is 12.5. The Morgan fingerprint density at radius 2 is 1.96 bits per heavy atom. The Balaban J connectivity index is 2.37. The molecule has 0 spiro atoms. The van der Waals surface area contributed by atoms with Gasteiger partial charge in [0.05, 0.1) is 31.0 Å². The number of amides is 1. The van der Waals surface area contributed by atoms with E-state index in [0.29, 0.717) is 11.3 Å². The number of carbonyl (C=O) groups is 1. The van der Waals surface area contributed by atoms with Crippen LogP contribution in [0.1, 0.15) is 24.2 Å². The highest BCUT2D eigenvalue weighted by molar-refractivity contribution is 14.1. The molecule has 0 saturated heterocycles. The van der Waals surface area contributed by atoms with Crippen molar-refractivity contribution in [1.29, 1.82) is 0 Å². The standard InChI is InChI=1S/C14H18IN2O5P/c1-4-20-23(19,21-5-2)22-13-9-17(3)14(18)11-8-10(15)6-7-12(11)16-13/h6-8H,4-5,9H2,1-3H3. The normalized spacial score (nSPS) is 15.0. The monoisotopic (exact) mass is 452 g/mol. The van der Waals surface area contributed by atoms with E-state index in [2.05, 4.69) is 27.6 Å². The predicted molar refractivity (Wildman–Crippen MR) is 95.2 cm³/mol. The molecule has 0 saturated carbocycles. The first-order valence-electron chi connectivity index (χ1n) is 7.09. The van der Waals surface area contributed by atoms with E-state index >= 15 is 0 Å². The molecular weight excluding hydrogens is 434 g/mol. The lowest BCUT2D eigenvalue weighted by Gasteiger charge is -2.20. The van der Waals surface area contributed by atoms with Crippen molar-refractivity contribution in [3.05, 3.63) is 27.3 Å². The van der Waals surface area contributed by atoms with E-state index < -0.39 is 7.82 Å². The van der Waals surface area contributed by atoms with Crippen molar-refractivity contribution >= 4 is 47.9 Å². The molecule has 23 heavy (non-hydrogen) atoms. The summed E-state index contributed by atoms with van der Waals surface area (Å²) >= 11 is 2.13. The minimum Gasteiger partial charge on any atom is -0.388 e. The second kappa shape index (κ2) is 7.74. The van der Waals surface area contributed by atoms with Crippen LogP contribution in [0.5, 0.6) is 0 Å². The van der Waals surface area contributed by atoms with Crippen LogP contribution in [0.2, 0.25) is 0 Å². The minimum atomic E-state index is -3.75. The molecule has 0 radical (unpaired) electrons. The minimum absolute atomic E-state index is 0.0776. The van der Waals surface area contributed by atoms with Gasteiger partial charge in [0.25, 0.3) is 5.91 Å². The summed E-state index contributed by atoms with van der Waals surface area (Å²) in [6, 6.07) is 5.32. The molecule has 1 heterocycles. The van der Waals surface area contributed by atoms with E-state index in [1.54, 1.807) is 33.0 Å². The van der Waals surface area contributed by atoms with Gasteiger partial charge in [0.2, 0.25) is 5.90 Å². The van der Waals surface area contributed by atoms with Crippen molar-refractivity contribution in [2.24, 2.45) is 4.99 Å². The van der Waals surface area contributed by atoms with Gasteiger partial charge in [-0.15, -0.1) is 0 Å². The van der Waals surface area contributed by atoms with Gasteiger partial charge in [0, 0.05) is 10.6 Å². The van der Waals surface area contributed by atoms with Crippen LogP contribution in [-0.4, -0.2) is 43.5 Å². The molecule has 126 valence electrons. The number of fused-ring (bicyclic) bond motifs is 1. The van der Waals surface area contributed by atoms with E-state index in [9.17, 15) is 9.36 Å². The van der Waals surface area contributed by atoms with Crippen LogP contribution >= 0.6 is 30.4 Å². The molecule has 0 aliphatic carbocycles. The van der Waals surface area contributed by atoms with Crippen LogP contribution < -0.4 is 0 Å². The van der Waals surface area contributed by atoms with Gasteiger partial charge >= 0.3 is 7.82 Å². The summed E-state index contributed by atoms with van der Waals surface area (Å²) < 4.78 is 29.1. The Kier molecular flexibility index (Phi) is 6.19. The third-order valence-corrected chi connectivity index (χ3v) is 5.20. The van der Waals surface area contributed by atoms with Crippen molar-refractivity contribution < 1.29 is 22.9 Å². The summed E-state index contributed by atoms with van der Waals surface area (Å²) in [6.07, 6.45) is 0. The van der Waals surface area contributed by atoms with Crippen LogP contribution in [0, 0.1) is 3.57 Å². The Morgan fingerprint density at radius 3 is 2.57 bits per heavy atom. The zero-order chi connectivity index (χ0) is 17.0. The van der Waals surface area contributed by atoms with Crippen molar-refractivity contribution in [2.75, 3.05) is 26.8 Å². The molecule has 2 rings (SSSR count). The smallest absolute Gasteiger partial charge is 0.388 e. The van der Waals surface area contributed by atoms with Gasteiger partial charge in [0.15, 0.2) is 0 Å². The first-order valence-corrected chi connectivity index (χ1v) is 9.63. The summed E-state index contributed by atoms with van der Waals surface area (Å²) in [6.45, 7) is 3.81. The number of nitrogens with zero attached hydrogens (tertiary/aromatic N) is 2. The fourth-order valence-corrected chi connectivity index (χ4v) is 3.67. The molecular formula is C14H18IN2O5P. The Labute approximate surface area is 148 Å². The van der Waals surface area contributed by atoms with Gasteiger partial charge in [-0.1, -0.05) is 0 Å². The number of rotatable bonds is 5. The van der Waals surface area contributed by atoms with Crippen LogP contribution in [-0.2, 0) is 18.1 Å². The third kappa shape index (κ3) is 4.53. The SMILES string of the molecule is CCOP(=O)(OCC)OC1=Nc2ccc(I)cc2C(=O)N(C)C1. The number of carbonyl (C=O) groups excluding carboxylic acids is 1. The largest absolute Gasteiger partial charge is 0.531 e. The summed E-state index contributed by atoms with van der Waals surface area (Å²) in [5, 5.41) is 0. The Morgan fingerprint density at radius 1 is 1.30 bits per heavy atom. The first-order chi connectivity index (χ1) is 10.9. The van der Waals surface area contributed by atoms with Gasteiger partial charge < -0.3 is 9.42 Å². The topological polar surface area (TPSA) is 77.4 Å². The zero-order valence-corrected chi connectivity index (χ0v) is 16.2. The van der Waals surface area contributed by atoms with Crippen molar-refractivity contribution in [1.82, 2.24) is 4.90 Å². The number of likely N-dealkylation sites (N-methyl/N-ethyl adjacent to an activating group) is 1. The van der Waals surface area contributed by atoms with E-state index in [-0.39, 0.29) is 31.6 Å². The summed E-state index contributed by atoms with van der Waals surface area (Å²) in [7, 11) is -2.12. The summed E-state index contributed by atoms with van der Waals surface area (Å²) in [5.41, 5.74) is 0.940. The van der Waals surface area contributed by atoms with Gasteiger partial charge in [-0.2, -0.15) is 0 Å². The number of benzene rings is 1. The quantitative estimate of drug-likeness (QED) is 0.504. The van der Waals surface area contributed by atoms with Crippen LogP contribution in [0.15, 0.2) is 23.2 Å². The number of aliphatic imine (C=N–C) groups is 1. The van der Waals surface area contributed by atoms with E-state index in [4.69, 9.17) is 13.6 Å². The van der Waals surface area contributed by atoms with E-state index in [1.807, 2.05) is 6.07 Å². The lowest BCUT2D eigenvalue weighted by molar-refractivity contribution is 0.0810. The number of phosphoric acid groups is 1. The summed E-state index contributed by atoms with van der Waals surface area (Å²) in [4.78, 5) is 18.2. The fraction of sp³-hybridized carbons (Fsp3) is 0.429. The third-order valence-electron chi connectivity index (χ3n) is 2.94. The van der Waals surface area contributed by atoms with Gasteiger partial charge in [-0.3, -0.25) is 13.8 Å². The molecule has 0 fully saturated rings. The lowest BCUT2D eigenvalue weighted by atomic mass is 10.1. The van der Waals surface area contributed by atoms with Crippen LogP contribution in [0.4, 0.5) is 5.69 Å². The second-order valence-electron chi connectivity index (χ2n) is 4.70.